The molecule has 0 heterocycles. The van der Waals surface area contributed by atoms with Gasteiger partial charge in [-0.15, -0.1) is 0 Å². The van der Waals surface area contributed by atoms with Crippen molar-refractivity contribution in [1.29, 1.82) is 0 Å². The highest BCUT2D eigenvalue weighted by Gasteiger charge is 2.29. The Morgan fingerprint density at radius 3 is 2.45 bits per heavy atom. The lowest BCUT2D eigenvalue weighted by Crippen LogP contribution is -2.39. The van der Waals surface area contributed by atoms with Gasteiger partial charge in [0.15, 0.2) is 0 Å². The van der Waals surface area contributed by atoms with Gasteiger partial charge in [0.1, 0.15) is 5.75 Å². The van der Waals surface area contributed by atoms with Crippen LogP contribution in [0, 0.1) is 0 Å². The molecule has 0 unspecified atom stereocenters. The number of hydrogen-bond acceptors (Lipinski definition) is 2. The molecular formula is C17H18BrNO. The van der Waals surface area contributed by atoms with Crippen LogP contribution in [0.5, 0.6) is 5.75 Å². The van der Waals surface area contributed by atoms with E-state index in [4.69, 9.17) is 0 Å². The number of benzene rings is 2. The molecular weight excluding hydrogens is 314 g/mol. The zero-order valence-corrected chi connectivity index (χ0v) is 12.8. The van der Waals surface area contributed by atoms with Gasteiger partial charge in [-0.25, -0.2) is 0 Å². The van der Waals surface area contributed by atoms with E-state index in [0.717, 1.165) is 16.6 Å². The maximum Gasteiger partial charge on any atom is 0.120 e. The Labute approximate surface area is 128 Å². The molecule has 0 amide bonds. The lowest BCUT2D eigenvalue weighted by atomic mass is 9.76. The second-order valence-corrected chi connectivity index (χ2v) is 6.34. The molecule has 1 aliphatic carbocycles. The summed E-state index contributed by atoms with van der Waals surface area (Å²) in [5, 5.41) is 13.2. The first-order valence-corrected chi connectivity index (χ1v) is 7.77. The number of nitrogens with one attached hydrogen (secondary N) is 1. The van der Waals surface area contributed by atoms with Gasteiger partial charge in [-0.3, -0.25) is 0 Å². The van der Waals surface area contributed by atoms with E-state index in [1.807, 2.05) is 18.2 Å². The first-order chi connectivity index (χ1) is 9.72. The number of hydrogen-bond donors (Lipinski definition) is 2. The number of phenols is 1. The van der Waals surface area contributed by atoms with Crippen LogP contribution in [0.15, 0.2) is 53.0 Å². The molecule has 2 aromatic rings. The second kappa shape index (κ2) is 5.98. The van der Waals surface area contributed by atoms with Crippen molar-refractivity contribution in [3.63, 3.8) is 0 Å². The minimum atomic E-state index is 0.379. The number of phenolic OH excluding ortho intramolecular Hbond substituents is 1. The van der Waals surface area contributed by atoms with Crippen LogP contribution in [0.4, 0.5) is 0 Å². The summed E-state index contributed by atoms with van der Waals surface area (Å²) < 4.78 is 1.13. The molecule has 2 nitrogen and oxygen atoms in total. The fraction of sp³-hybridized carbons (Fsp3) is 0.294. The molecule has 1 fully saturated rings. The van der Waals surface area contributed by atoms with Crippen LogP contribution in [-0.4, -0.2) is 11.1 Å². The minimum absolute atomic E-state index is 0.379. The average Bonchev–Trinajstić information content (AvgIpc) is 2.41. The topological polar surface area (TPSA) is 32.3 Å². The molecule has 104 valence electrons. The van der Waals surface area contributed by atoms with Crippen LogP contribution in [0.3, 0.4) is 0 Å². The summed E-state index contributed by atoms with van der Waals surface area (Å²) in [6, 6.07) is 16.7. The van der Waals surface area contributed by atoms with Crippen LogP contribution in [-0.2, 0) is 6.54 Å². The van der Waals surface area contributed by atoms with Crippen LogP contribution >= 0.6 is 15.9 Å². The largest absolute Gasteiger partial charge is 0.508 e. The molecule has 0 aromatic heterocycles. The van der Waals surface area contributed by atoms with Gasteiger partial charge in [0.05, 0.1) is 0 Å². The molecule has 2 N–H and O–H groups in total. The number of aromatic hydroxyl groups is 1. The summed E-state index contributed by atoms with van der Waals surface area (Å²) in [5.74, 6) is 1.05. The Hall–Kier alpha value is -1.32. The maximum absolute atomic E-state index is 9.73. The van der Waals surface area contributed by atoms with Gasteiger partial charge >= 0.3 is 0 Å². The summed E-state index contributed by atoms with van der Waals surface area (Å²) in [5.41, 5.74) is 2.40. The summed E-state index contributed by atoms with van der Waals surface area (Å²) in [4.78, 5) is 0. The normalized spacial score (nSPS) is 21.4. The molecule has 0 spiro atoms. The zero-order valence-electron chi connectivity index (χ0n) is 11.2. The van der Waals surface area contributed by atoms with Crippen LogP contribution in [0.25, 0.3) is 0 Å². The zero-order chi connectivity index (χ0) is 13.9. The van der Waals surface area contributed by atoms with Crippen molar-refractivity contribution < 1.29 is 5.11 Å². The number of rotatable bonds is 4. The molecule has 0 aliphatic heterocycles. The predicted octanol–water partition coefficient (Wildman–Crippen LogP) is 4.19. The van der Waals surface area contributed by atoms with Gasteiger partial charge in [-0.2, -0.15) is 0 Å². The van der Waals surface area contributed by atoms with Crippen molar-refractivity contribution in [2.24, 2.45) is 0 Å². The maximum atomic E-state index is 9.73. The number of halogens is 1. The summed E-state index contributed by atoms with van der Waals surface area (Å²) in [6.07, 6.45) is 2.35. The fourth-order valence-electron chi connectivity index (χ4n) is 2.71. The molecule has 1 saturated carbocycles. The Kier molecular flexibility index (Phi) is 4.08. The molecule has 0 atom stereocenters. The van der Waals surface area contributed by atoms with Crippen molar-refractivity contribution in [2.45, 2.75) is 31.3 Å². The third-order valence-electron chi connectivity index (χ3n) is 4.05. The SMILES string of the molecule is Oc1ccccc1CNC1CC(c2ccc(Br)cc2)C1. The molecule has 20 heavy (non-hydrogen) atoms. The van der Waals surface area contributed by atoms with E-state index in [1.165, 1.54) is 18.4 Å². The van der Waals surface area contributed by atoms with E-state index in [0.29, 0.717) is 17.7 Å². The lowest BCUT2D eigenvalue weighted by Gasteiger charge is -2.36. The van der Waals surface area contributed by atoms with Gasteiger partial charge in [0.2, 0.25) is 0 Å². The summed E-state index contributed by atoms with van der Waals surface area (Å²) in [7, 11) is 0. The van der Waals surface area contributed by atoms with E-state index < -0.39 is 0 Å². The monoisotopic (exact) mass is 331 g/mol. The average molecular weight is 332 g/mol. The minimum Gasteiger partial charge on any atom is -0.508 e. The smallest absolute Gasteiger partial charge is 0.120 e. The van der Waals surface area contributed by atoms with Crippen LogP contribution < -0.4 is 5.32 Å². The van der Waals surface area contributed by atoms with E-state index in [9.17, 15) is 5.11 Å². The Balaban J connectivity index is 1.49. The molecule has 0 radical (unpaired) electrons. The molecule has 2 aromatic carbocycles. The highest BCUT2D eigenvalue weighted by molar-refractivity contribution is 9.10. The third-order valence-corrected chi connectivity index (χ3v) is 4.58. The Morgan fingerprint density at radius 1 is 1.05 bits per heavy atom. The standard InChI is InChI=1S/C17H18BrNO/c18-15-7-5-12(6-8-15)14-9-16(10-14)19-11-13-3-1-2-4-17(13)20/h1-8,14,16,19-20H,9-11H2. The first-order valence-electron chi connectivity index (χ1n) is 6.98. The highest BCUT2D eigenvalue weighted by Crippen LogP contribution is 2.37. The second-order valence-electron chi connectivity index (χ2n) is 5.43. The summed E-state index contributed by atoms with van der Waals surface area (Å²) in [6.45, 7) is 0.740. The van der Waals surface area contributed by atoms with E-state index in [-0.39, 0.29) is 0 Å². The first kappa shape index (κ1) is 13.7. The van der Waals surface area contributed by atoms with Crippen molar-refractivity contribution in [2.75, 3.05) is 0 Å². The van der Waals surface area contributed by atoms with E-state index in [1.54, 1.807) is 6.07 Å². The van der Waals surface area contributed by atoms with Crippen LogP contribution in [0.1, 0.15) is 29.9 Å². The van der Waals surface area contributed by atoms with Crippen molar-refractivity contribution >= 4 is 15.9 Å². The van der Waals surface area contributed by atoms with E-state index in [2.05, 4.69) is 45.5 Å². The lowest BCUT2D eigenvalue weighted by molar-refractivity contribution is 0.288. The third kappa shape index (κ3) is 3.05. The highest BCUT2D eigenvalue weighted by atomic mass is 79.9. The van der Waals surface area contributed by atoms with Crippen LogP contribution in [0.2, 0.25) is 0 Å². The van der Waals surface area contributed by atoms with Crippen molar-refractivity contribution in [3.05, 3.63) is 64.1 Å². The van der Waals surface area contributed by atoms with E-state index >= 15 is 0 Å². The van der Waals surface area contributed by atoms with Gasteiger partial charge in [-0.05, 0) is 42.5 Å². The fourth-order valence-corrected chi connectivity index (χ4v) is 2.97. The van der Waals surface area contributed by atoms with Gasteiger partial charge in [0.25, 0.3) is 0 Å². The van der Waals surface area contributed by atoms with Gasteiger partial charge < -0.3 is 10.4 Å². The Morgan fingerprint density at radius 2 is 1.75 bits per heavy atom. The molecule has 1 aliphatic rings. The summed E-state index contributed by atoms with van der Waals surface area (Å²) >= 11 is 3.47. The number of para-hydroxylation sites is 1. The molecule has 0 bridgehead atoms. The Bertz CT molecular complexity index is 576. The molecule has 0 saturated heterocycles. The van der Waals surface area contributed by atoms with Crippen molar-refractivity contribution in [1.82, 2.24) is 5.32 Å². The predicted molar refractivity (Wildman–Crippen MR) is 84.9 cm³/mol. The molecule has 3 rings (SSSR count). The van der Waals surface area contributed by atoms with Crippen molar-refractivity contribution in [3.8, 4) is 5.75 Å². The quantitative estimate of drug-likeness (QED) is 0.880. The van der Waals surface area contributed by atoms with Gasteiger partial charge in [0, 0.05) is 22.6 Å². The molecule has 3 heteroatoms. The van der Waals surface area contributed by atoms with Gasteiger partial charge in [-0.1, -0.05) is 46.3 Å².